The van der Waals surface area contributed by atoms with E-state index in [0.29, 0.717) is 5.89 Å². The predicted molar refractivity (Wildman–Crippen MR) is 71.2 cm³/mol. The van der Waals surface area contributed by atoms with E-state index in [-0.39, 0.29) is 5.91 Å². The molecule has 1 aliphatic carbocycles. The van der Waals surface area contributed by atoms with Gasteiger partial charge in [0.15, 0.2) is 11.5 Å². The number of fused-ring (bicyclic) bond motifs is 1. The molecule has 0 saturated heterocycles. The van der Waals surface area contributed by atoms with E-state index in [2.05, 4.69) is 10.4 Å². The lowest BCUT2D eigenvalue weighted by atomic mass is 9.78. The van der Waals surface area contributed by atoms with Crippen molar-refractivity contribution in [3.63, 3.8) is 0 Å². The minimum Gasteiger partial charge on any atom is -0.441 e. The van der Waals surface area contributed by atoms with Crippen LogP contribution in [0.5, 0.6) is 0 Å². The van der Waals surface area contributed by atoms with Gasteiger partial charge >= 0.3 is 0 Å². The number of oxazole rings is 1. The first kappa shape index (κ1) is 12.2. The SMILES string of the molecule is Cc1nc2cc(C3(C(=O)NN)CCCC3)ccc2o1. The fourth-order valence-corrected chi connectivity index (χ4v) is 3.10. The molecule has 0 unspecified atom stereocenters. The highest BCUT2D eigenvalue weighted by atomic mass is 16.3. The Morgan fingerprint density at radius 3 is 2.84 bits per heavy atom. The molecule has 1 heterocycles. The van der Waals surface area contributed by atoms with Gasteiger partial charge in [0, 0.05) is 6.92 Å². The maximum atomic E-state index is 12.2. The Labute approximate surface area is 111 Å². The van der Waals surface area contributed by atoms with E-state index < -0.39 is 5.41 Å². The second-order valence-corrected chi connectivity index (χ2v) is 5.18. The molecule has 2 aromatic rings. The van der Waals surface area contributed by atoms with Crippen molar-refractivity contribution in [3.8, 4) is 0 Å². The number of amides is 1. The van der Waals surface area contributed by atoms with Crippen LogP contribution < -0.4 is 11.3 Å². The second-order valence-electron chi connectivity index (χ2n) is 5.18. The molecule has 1 aromatic carbocycles. The van der Waals surface area contributed by atoms with Crippen molar-refractivity contribution in [2.45, 2.75) is 38.0 Å². The number of hydrogen-bond donors (Lipinski definition) is 2. The Bertz CT molecular complexity index is 627. The van der Waals surface area contributed by atoms with E-state index >= 15 is 0 Å². The fourth-order valence-electron chi connectivity index (χ4n) is 3.10. The summed E-state index contributed by atoms with van der Waals surface area (Å²) in [6, 6.07) is 5.79. The number of carbonyl (C=O) groups is 1. The lowest BCUT2D eigenvalue weighted by Crippen LogP contribution is -2.45. The van der Waals surface area contributed by atoms with E-state index in [9.17, 15) is 4.79 Å². The monoisotopic (exact) mass is 259 g/mol. The molecule has 1 fully saturated rings. The Morgan fingerprint density at radius 2 is 2.16 bits per heavy atom. The van der Waals surface area contributed by atoms with Crippen LogP contribution >= 0.6 is 0 Å². The van der Waals surface area contributed by atoms with E-state index in [1.54, 1.807) is 0 Å². The molecule has 5 nitrogen and oxygen atoms in total. The van der Waals surface area contributed by atoms with Crippen LogP contribution in [0, 0.1) is 6.92 Å². The summed E-state index contributed by atoms with van der Waals surface area (Å²) in [4.78, 5) is 16.5. The highest BCUT2D eigenvalue weighted by Crippen LogP contribution is 2.42. The van der Waals surface area contributed by atoms with E-state index in [4.69, 9.17) is 10.3 Å². The number of hydrogen-bond acceptors (Lipinski definition) is 4. The van der Waals surface area contributed by atoms with Crippen molar-refractivity contribution < 1.29 is 9.21 Å². The van der Waals surface area contributed by atoms with Crippen molar-refractivity contribution in [1.82, 2.24) is 10.4 Å². The summed E-state index contributed by atoms with van der Waals surface area (Å²) in [6.07, 6.45) is 3.75. The maximum Gasteiger partial charge on any atom is 0.244 e. The number of nitrogens with zero attached hydrogens (tertiary/aromatic N) is 1. The van der Waals surface area contributed by atoms with Crippen molar-refractivity contribution in [3.05, 3.63) is 29.7 Å². The molecule has 1 aliphatic rings. The van der Waals surface area contributed by atoms with Crippen LogP contribution in [0.3, 0.4) is 0 Å². The third-order valence-corrected chi connectivity index (χ3v) is 4.07. The van der Waals surface area contributed by atoms with Crippen LogP contribution in [-0.4, -0.2) is 10.9 Å². The van der Waals surface area contributed by atoms with Crippen molar-refractivity contribution >= 4 is 17.0 Å². The van der Waals surface area contributed by atoms with Gasteiger partial charge in [0.1, 0.15) is 5.52 Å². The quantitative estimate of drug-likeness (QED) is 0.490. The molecule has 0 aliphatic heterocycles. The summed E-state index contributed by atoms with van der Waals surface area (Å²) in [5, 5.41) is 0. The van der Waals surface area contributed by atoms with Gasteiger partial charge in [0.2, 0.25) is 5.91 Å². The molecule has 0 radical (unpaired) electrons. The van der Waals surface area contributed by atoms with Crippen LogP contribution in [0.4, 0.5) is 0 Å². The second kappa shape index (κ2) is 4.35. The first-order valence-electron chi connectivity index (χ1n) is 6.54. The summed E-state index contributed by atoms with van der Waals surface area (Å²) in [5.74, 6) is 5.89. The van der Waals surface area contributed by atoms with E-state index in [1.165, 1.54) is 0 Å². The third-order valence-electron chi connectivity index (χ3n) is 4.07. The highest BCUT2D eigenvalue weighted by Gasteiger charge is 2.42. The van der Waals surface area contributed by atoms with Gasteiger partial charge in [-0.25, -0.2) is 10.8 Å². The van der Waals surface area contributed by atoms with Gasteiger partial charge in [0.05, 0.1) is 5.41 Å². The number of hydrazine groups is 1. The fraction of sp³-hybridized carbons (Fsp3) is 0.429. The first-order chi connectivity index (χ1) is 9.15. The molecule has 3 rings (SSSR count). The average molecular weight is 259 g/mol. The lowest BCUT2D eigenvalue weighted by molar-refractivity contribution is -0.126. The smallest absolute Gasteiger partial charge is 0.244 e. The molecule has 0 atom stereocenters. The van der Waals surface area contributed by atoms with Gasteiger partial charge in [-0.1, -0.05) is 18.9 Å². The minimum absolute atomic E-state index is 0.107. The topological polar surface area (TPSA) is 81.2 Å². The van der Waals surface area contributed by atoms with E-state index in [1.807, 2.05) is 25.1 Å². The average Bonchev–Trinajstić information content (AvgIpc) is 3.02. The minimum atomic E-state index is -0.504. The number of carbonyl (C=O) groups excluding carboxylic acids is 1. The number of aryl methyl sites for hydroxylation is 1. The molecule has 1 saturated carbocycles. The van der Waals surface area contributed by atoms with Crippen molar-refractivity contribution in [1.29, 1.82) is 0 Å². The number of aromatic nitrogens is 1. The molecule has 3 N–H and O–H groups in total. The van der Waals surface area contributed by atoms with Crippen LogP contribution in [-0.2, 0) is 10.2 Å². The summed E-state index contributed by atoms with van der Waals surface area (Å²) in [7, 11) is 0. The van der Waals surface area contributed by atoms with Gasteiger partial charge in [0.25, 0.3) is 0 Å². The predicted octanol–water partition coefficient (Wildman–Crippen LogP) is 1.94. The number of nitrogens with one attached hydrogen (secondary N) is 1. The van der Waals surface area contributed by atoms with Crippen LogP contribution in [0.15, 0.2) is 22.6 Å². The maximum absolute atomic E-state index is 12.2. The number of rotatable bonds is 2. The molecule has 1 aromatic heterocycles. The lowest BCUT2D eigenvalue weighted by Gasteiger charge is -2.27. The van der Waals surface area contributed by atoms with Crippen LogP contribution in [0.25, 0.3) is 11.1 Å². The largest absolute Gasteiger partial charge is 0.441 e. The number of nitrogens with two attached hydrogens (primary N) is 1. The van der Waals surface area contributed by atoms with Crippen LogP contribution in [0.1, 0.15) is 37.1 Å². The molecular weight excluding hydrogens is 242 g/mol. The summed E-state index contributed by atoms with van der Waals surface area (Å²) >= 11 is 0. The van der Waals surface area contributed by atoms with Gasteiger partial charge in [-0.3, -0.25) is 10.2 Å². The Balaban J connectivity index is 2.12. The zero-order valence-corrected chi connectivity index (χ0v) is 10.9. The zero-order valence-electron chi connectivity index (χ0n) is 10.9. The van der Waals surface area contributed by atoms with Gasteiger partial charge in [-0.2, -0.15) is 0 Å². The highest BCUT2D eigenvalue weighted by molar-refractivity contribution is 5.89. The van der Waals surface area contributed by atoms with Crippen molar-refractivity contribution in [2.75, 3.05) is 0 Å². The van der Waals surface area contributed by atoms with Gasteiger partial charge < -0.3 is 4.42 Å². The molecule has 5 heteroatoms. The summed E-state index contributed by atoms with van der Waals surface area (Å²) in [5.41, 5.74) is 4.34. The standard InChI is InChI=1S/C14H17N3O2/c1-9-16-11-8-10(4-5-12(11)19-9)14(13(18)17-15)6-2-3-7-14/h4-5,8H,2-3,6-7,15H2,1H3,(H,17,18). The molecule has 100 valence electrons. The Hall–Kier alpha value is -1.88. The molecule has 0 spiro atoms. The van der Waals surface area contributed by atoms with Gasteiger partial charge in [-0.15, -0.1) is 0 Å². The first-order valence-corrected chi connectivity index (χ1v) is 6.54. The van der Waals surface area contributed by atoms with Crippen molar-refractivity contribution in [2.24, 2.45) is 5.84 Å². The molecule has 1 amide bonds. The molecule has 19 heavy (non-hydrogen) atoms. The molecular formula is C14H17N3O2. The third kappa shape index (κ3) is 1.81. The van der Waals surface area contributed by atoms with E-state index in [0.717, 1.165) is 42.3 Å². The Morgan fingerprint density at radius 1 is 1.42 bits per heavy atom. The van der Waals surface area contributed by atoms with Crippen LogP contribution in [0.2, 0.25) is 0 Å². The summed E-state index contributed by atoms with van der Waals surface area (Å²) < 4.78 is 5.47. The Kier molecular flexibility index (Phi) is 2.78. The normalized spacial score (nSPS) is 17.8. The zero-order chi connectivity index (χ0) is 13.5. The molecule has 0 bridgehead atoms. The summed E-state index contributed by atoms with van der Waals surface area (Å²) in [6.45, 7) is 1.82. The number of benzene rings is 1. The van der Waals surface area contributed by atoms with Gasteiger partial charge in [-0.05, 0) is 30.5 Å².